The molecule has 0 bridgehead atoms. The first kappa shape index (κ1) is 32.5. The molecule has 9 heteroatoms. The van der Waals surface area contributed by atoms with E-state index >= 15 is 0 Å². The van der Waals surface area contributed by atoms with Crippen molar-refractivity contribution in [1.29, 1.82) is 0 Å². The van der Waals surface area contributed by atoms with Gasteiger partial charge >= 0.3 is 12.0 Å². The third-order valence-corrected chi connectivity index (χ3v) is 7.97. The highest BCUT2D eigenvalue weighted by atomic mass is 35.5. The van der Waals surface area contributed by atoms with Crippen LogP contribution in [0.4, 0.5) is 4.79 Å². The number of carbonyl (C=O) groups is 4. The standard InChI is InChI=1S/C35H38ClN3O5/c1-23(2)20-30(32(42)37-29(21-31(40)41)27-16-18-28(36)19-17-27)39-33(43)35(3,4)38(34(39)44)22-26-14-12-25(13-15-26)11-10-24-8-6-5-7-9-24/h5-19,23,29-30H,20-22H2,1-4H3,(H,37,42)(H,40,41)/t29?,30-/m0/s1. The quantitative estimate of drug-likeness (QED) is 0.172. The SMILES string of the molecule is CC(C)C[C@@H](C(=O)NC(CC(=O)O)c1ccc(Cl)cc1)N1C(=O)N(Cc2ccc(C=Cc3ccccc3)cc2)C(C)(C)C1=O. The van der Waals surface area contributed by atoms with Gasteiger partial charge in [0.25, 0.3) is 5.91 Å². The molecule has 0 saturated carbocycles. The zero-order chi connectivity index (χ0) is 32.0. The molecular weight excluding hydrogens is 578 g/mol. The van der Waals surface area contributed by atoms with Crippen molar-refractivity contribution in [3.63, 3.8) is 0 Å². The lowest BCUT2D eigenvalue weighted by Crippen LogP contribution is -2.52. The summed E-state index contributed by atoms with van der Waals surface area (Å²) in [6.45, 7) is 7.33. The summed E-state index contributed by atoms with van der Waals surface area (Å²) >= 11 is 6.00. The van der Waals surface area contributed by atoms with E-state index in [1.165, 1.54) is 4.90 Å². The highest BCUT2D eigenvalue weighted by Gasteiger charge is 2.54. The fraction of sp³-hybridized carbons (Fsp3) is 0.314. The van der Waals surface area contributed by atoms with Gasteiger partial charge in [-0.3, -0.25) is 14.4 Å². The monoisotopic (exact) mass is 615 g/mol. The van der Waals surface area contributed by atoms with Gasteiger partial charge in [0.15, 0.2) is 0 Å². The van der Waals surface area contributed by atoms with Gasteiger partial charge in [-0.25, -0.2) is 9.69 Å². The van der Waals surface area contributed by atoms with Crippen molar-refractivity contribution in [3.05, 3.63) is 106 Å². The van der Waals surface area contributed by atoms with Gasteiger partial charge in [-0.05, 0) is 60.6 Å². The fourth-order valence-corrected chi connectivity index (χ4v) is 5.37. The van der Waals surface area contributed by atoms with E-state index in [2.05, 4.69) is 5.32 Å². The maximum atomic E-state index is 13.9. The zero-order valence-corrected chi connectivity index (χ0v) is 26.1. The van der Waals surface area contributed by atoms with Crippen LogP contribution in [0.2, 0.25) is 5.02 Å². The fourth-order valence-electron chi connectivity index (χ4n) is 5.25. The Hall–Kier alpha value is -4.43. The molecule has 2 N–H and O–H groups in total. The van der Waals surface area contributed by atoms with Crippen LogP contribution >= 0.6 is 11.6 Å². The molecule has 1 aliphatic rings. The highest BCUT2D eigenvalue weighted by Crippen LogP contribution is 2.33. The number of halogens is 1. The summed E-state index contributed by atoms with van der Waals surface area (Å²) in [5.74, 6) is -2.21. The summed E-state index contributed by atoms with van der Waals surface area (Å²) < 4.78 is 0. The number of nitrogens with one attached hydrogen (secondary N) is 1. The van der Waals surface area contributed by atoms with Crippen molar-refractivity contribution in [2.45, 2.75) is 64.7 Å². The van der Waals surface area contributed by atoms with Gasteiger partial charge in [0.05, 0.1) is 12.5 Å². The van der Waals surface area contributed by atoms with Gasteiger partial charge in [0.1, 0.15) is 11.6 Å². The van der Waals surface area contributed by atoms with E-state index in [4.69, 9.17) is 11.6 Å². The number of imide groups is 1. The zero-order valence-electron chi connectivity index (χ0n) is 25.4. The molecule has 0 radical (unpaired) electrons. The number of hydrogen-bond donors (Lipinski definition) is 2. The molecule has 230 valence electrons. The number of benzene rings is 3. The molecule has 0 spiro atoms. The Balaban J connectivity index is 1.55. The van der Waals surface area contributed by atoms with Gasteiger partial charge in [0, 0.05) is 11.6 Å². The Bertz CT molecular complexity index is 1520. The van der Waals surface area contributed by atoms with Crippen LogP contribution in [-0.4, -0.2) is 50.3 Å². The summed E-state index contributed by atoms with van der Waals surface area (Å²) in [5.41, 5.74) is 2.27. The minimum atomic E-state index is -1.20. The number of amides is 4. The minimum Gasteiger partial charge on any atom is -0.481 e. The number of carboxylic acids is 1. The summed E-state index contributed by atoms with van der Waals surface area (Å²) in [7, 11) is 0. The maximum absolute atomic E-state index is 13.9. The van der Waals surface area contributed by atoms with Gasteiger partial charge in [-0.2, -0.15) is 0 Å². The molecule has 8 nitrogen and oxygen atoms in total. The number of urea groups is 1. The molecule has 1 heterocycles. The second-order valence-electron chi connectivity index (χ2n) is 11.9. The van der Waals surface area contributed by atoms with Crippen molar-refractivity contribution in [3.8, 4) is 0 Å². The van der Waals surface area contributed by atoms with Crippen LogP contribution < -0.4 is 5.32 Å². The minimum absolute atomic E-state index is 0.0338. The van der Waals surface area contributed by atoms with E-state index < -0.39 is 41.4 Å². The number of carbonyl (C=O) groups excluding carboxylic acids is 3. The van der Waals surface area contributed by atoms with Crippen LogP contribution in [0.15, 0.2) is 78.9 Å². The molecule has 1 saturated heterocycles. The van der Waals surface area contributed by atoms with E-state index in [0.717, 1.165) is 21.6 Å². The van der Waals surface area contributed by atoms with Crippen LogP contribution in [0.25, 0.3) is 12.2 Å². The Morgan fingerprint density at radius 1 is 0.909 bits per heavy atom. The molecular formula is C35H38ClN3O5. The number of rotatable bonds is 12. The molecule has 0 aliphatic carbocycles. The lowest BCUT2D eigenvalue weighted by molar-refractivity contribution is -0.140. The first-order valence-electron chi connectivity index (χ1n) is 14.6. The number of aliphatic carboxylic acids is 1. The van der Waals surface area contributed by atoms with Crippen LogP contribution in [0.5, 0.6) is 0 Å². The van der Waals surface area contributed by atoms with E-state index in [0.29, 0.717) is 10.6 Å². The summed E-state index contributed by atoms with van der Waals surface area (Å²) in [6.07, 6.45) is 3.87. The van der Waals surface area contributed by atoms with Crippen LogP contribution in [0.3, 0.4) is 0 Å². The van der Waals surface area contributed by atoms with E-state index in [9.17, 15) is 24.3 Å². The van der Waals surface area contributed by atoms with Crippen LogP contribution in [0.1, 0.15) is 68.8 Å². The summed E-state index contributed by atoms with van der Waals surface area (Å²) in [5, 5.41) is 12.8. The molecule has 1 fully saturated rings. The lowest BCUT2D eigenvalue weighted by Gasteiger charge is -2.29. The Morgan fingerprint density at radius 2 is 1.50 bits per heavy atom. The lowest BCUT2D eigenvalue weighted by atomic mass is 9.98. The van der Waals surface area contributed by atoms with E-state index in [-0.39, 0.29) is 25.3 Å². The van der Waals surface area contributed by atoms with Crippen molar-refractivity contribution >= 4 is 47.6 Å². The average molecular weight is 616 g/mol. The van der Waals surface area contributed by atoms with E-state index in [1.54, 1.807) is 38.1 Å². The summed E-state index contributed by atoms with van der Waals surface area (Å²) in [6, 6.07) is 21.7. The smallest absolute Gasteiger partial charge is 0.328 e. The van der Waals surface area contributed by atoms with Crippen LogP contribution in [0, 0.1) is 5.92 Å². The third-order valence-electron chi connectivity index (χ3n) is 7.72. The molecule has 3 aromatic rings. The Morgan fingerprint density at radius 3 is 2.07 bits per heavy atom. The molecule has 2 atom stereocenters. The maximum Gasteiger partial charge on any atom is 0.328 e. The number of carboxylic acid groups (broad SMARTS) is 1. The Kier molecular flexibility index (Phi) is 10.3. The average Bonchev–Trinajstić information content (AvgIpc) is 3.14. The van der Waals surface area contributed by atoms with Crippen molar-refractivity contribution in [1.82, 2.24) is 15.1 Å². The Labute approximate surface area is 263 Å². The van der Waals surface area contributed by atoms with Crippen LogP contribution in [-0.2, 0) is 20.9 Å². The highest BCUT2D eigenvalue weighted by molar-refractivity contribution is 6.30. The largest absolute Gasteiger partial charge is 0.481 e. The van der Waals surface area contributed by atoms with Crippen molar-refractivity contribution < 1.29 is 24.3 Å². The van der Waals surface area contributed by atoms with E-state index in [1.807, 2.05) is 80.6 Å². The van der Waals surface area contributed by atoms with Crippen molar-refractivity contribution in [2.24, 2.45) is 5.92 Å². The normalized spacial score (nSPS) is 16.0. The predicted molar refractivity (Wildman–Crippen MR) is 172 cm³/mol. The second kappa shape index (κ2) is 13.9. The third kappa shape index (κ3) is 7.74. The number of hydrogen-bond acceptors (Lipinski definition) is 4. The molecule has 4 rings (SSSR count). The summed E-state index contributed by atoms with van der Waals surface area (Å²) in [4.78, 5) is 55.6. The molecule has 3 aromatic carbocycles. The second-order valence-corrected chi connectivity index (χ2v) is 12.4. The molecule has 0 aromatic heterocycles. The predicted octanol–water partition coefficient (Wildman–Crippen LogP) is 6.80. The first-order chi connectivity index (χ1) is 20.9. The molecule has 1 unspecified atom stereocenters. The first-order valence-corrected chi connectivity index (χ1v) is 15.0. The molecule has 1 aliphatic heterocycles. The van der Waals surface area contributed by atoms with Crippen molar-refractivity contribution in [2.75, 3.05) is 0 Å². The molecule has 4 amide bonds. The van der Waals surface area contributed by atoms with Gasteiger partial charge in [0.2, 0.25) is 5.91 Å². The number of nitrogens with zero attached hydrogens (tertiary/aromatic N) is 2. The topological polar surface area (TPSA) is 107 Å². The van der Waals surface area contributed by atoms with Gasteiger partial charge < -0.3 is 15.3 Å². The molecule has 44 heavy (non-hydrogen) atoms. The van der Waals surface area contributed by atoms with Gasteiger partial charge in [-0.1, -0.05) is 104 Å². The van der Waals surface area contributed by atoms with Gasteiger partial charge in [-0.15, -0.1) is 0 Å².